The van der Waals surface area contributed by atoms with E-state index in [1.165, 1.54) is 6.33 Å². The Labute approximate surface area is 174 Å². The van der Waals surface area contributed by atoms with Crippen LogP contribution in [0.4, 0.5) is 0 Å². The van der Waals surface area contributed by atoms with E-state index in [0.717, 1.165) is 34.9 Å². The fourth-order valence-corrected chi connectivity index (χ4v) is 3.64. The molecule has 1 N–H and O–H groups in total. The fourth-order valence-electron chi connectivity index (χ4n) is 3.64. The predicted octanol–water partition coefficient (Wildman–Crippen LogP) is 2.58. The van der Waals surface area contributed by atoms with E-state index in [-0.39, 0.29) is 5.56 Å². The Morgan fingerprint density at radius 1 is 1.13 bits per heavy atom. The van der Waals surface area contributed by atoms with Crippen LogP contribution in [-0.4, -0.2) is 44.6 Å². The number of rotatable bonds is 7. The normalized spacial score (nSPS) is 13.7. The van der Waals surface area contributed by atoms with Crippen molar-refractivity contribution in [3.63, 3.8) is 0 Å². The summed E-state index contributed by atoms with van der Waals surface area (Å²) in [5.41, 5.74) is 3.25. The average molecular weight is 407 g/mol. The van der Waals surface area contributed by atoms with Gasteiger partial charge in [0.2, 0.25) is 0 Å². The topological polar surface area (TPSA) is 93.2 Å². The van der Waals surface area contributed by atoms with Crippen molar-refractivity contribution in [3.8, 4) is 22.9 Å². The quantitative estimate of drug-likeness (QED) is 0.643. The zero-order chi connectivity index (χ0) is 20.9. The van der Waals surface area contributed by atoms with E-state index >= 15 is 0 Å². The highest BCUT2D eigenvalue weighted by Gasteiger charge is 2.22. The van der Waals surface area contributed by atoms with Gasteiger partial charge in [0.05, 0.1) is 24.5 Å². The van der Waals surface area contributed by atoms with E-state index in [1.807, 2.05) is 32.0 Å². The van der Waals surface area contributed by atoms with Gasteiger partial charge in [0.15, 0.2) is 0 Å². The highest BCUT2D eigenvalue weighted by atomic mass is 16.5. The van der Waals surface area contributed by atoms with Gasteiger partial charge in [-0.25, -0.2) is 15.0 Å². The molecule has 1 aromatic carbocycles. The predicted molar refractivity (Wildman–Crippen MR) is 112 cm³/mol. The molecular weight excluding hydrogens is 382 g/mol. The average Bonchev–Trinajstić information content (AvgIpc) is 2.76. The molecule has 1 aliphatic rings. The number of hydrogen-bond donors (Lipinski definition) is 1. The smallest absolute Gasteiger partial charge is 0.254 e. The summed E-state index contributed by atoms with van der Waals surface area (Å²) in [5.74, 6) is 2.13. The zero-order valence-electron chi connectivity index (χ0n) is 17.2. The zero-order valence-corrected chi connectivity index (χ0v) is 17.2. The summed E-state index contributed by atoms with van der Waals surface area (Å²) >= 11 is 0. The molecule has 0 radical (unpaired) electrons. The number of ether oxygens (including phenoxy) is 2. The number of nitrogens with one attached hydrogen (secondary N) is 1. The molecule has 0 saturated heterocycles. The molecule has 0 saturated carbocycles. The van der Waals surface area contributed by atoms with Crippen LogP contribution in [-0.2, 0) is 19.5 Å². The van der Waals surface area contributed by atoms with Crippen molar-refractivity contribution in [1.82, 2.24) is 24.8 Å². The molecule has 8 nitrogen and oxygen atoms in total. The lowest BCUT2D eigenvalue weighted by atomic mass is 10.0. The van der Waals surface area contributed by atoms with Gasteiger partial charge in [0, 0.05) is 49.2 Å². The van der Waals surface area contributed by atoms with Gasteiger partial charge in [-0.05, 0) is 26.3 Å². The van der Waals surface area contributed by atoms with Crippen LogP contribution in [0.25, 0.3) is 11.4 Å². The molecule has 3 heterocycles. The summed E-state index contributed by atoms with van der Waals surface area (Å²) in [7, 11) is 0. The van der Waals surface area contributed by atoms with Gasteiger partial charge in [0.1, 0.15) is 23.7 Å². The number of fused-ring (bicyclic) bond motifs is 1. The maximum atomic E-state index is 12.6. The van der Waals surface area contributed by atoms with Crippen LogP contribution < -0.4 is 15.0 Å². The summed E-state index contributed by atoms with van der Waals surface area (Å²) in [6.07, 6.45) is 5.40. The minimum absolute atomic E-state index is 0.0884. The molecule has 0 aliphatic carbocycles. The van der Waals surface area contributed by atoms with E-state index in [0.29, 0.717) is 44.1 Å². The molecule has 2 aromatic heterocycles. The SMILES string of the molecule is CCOc1ccc(CN2CCc3c(nc(-c4cncnc4)[nH]c3=O)C2)c(OCC)c1. The molecule has 3 aromatic rings. The summed E-state index contributed by atoms with van der Waals surface area (Å²) in [6.45, 7) is 7.22. The maximum absolute atomic E-state index is 12.6. The third-order valence-corrected chi connectivity index (χ3v) is 5.03. The first-order chi connectivity index (χ1) is 14.7. The molecule has 4 rings (SSSR count). The Morgan fingerprint density at radius 2 is 1.93 bits per heavy atom. The number of aromatic amines is 1. The minimum Gasteiger partial charge on any atom is -0.494 e. The Hall–Kier alpha value is -3.26. The molecule has 0 amide bonds. The van der Waals surface area contributed by atoms with E-state index in [9.17, 15) is 4.79 Å². The maximum Gasteiger partial charge on any atom is 0.254 e. The number of benzene rings is 1. The fraction of sp³-hybridized carbons (Fsp3) is 0.364. The van der Waals surface area contributed by atoms with E-state index in [2.05, 4.69) is 19.9 Å². The molecule has 1 aliphatic heterocycles. The first-order valence-electron chi connectivity index (χ1n) is 10.2. The van der Waals surface area contributed by atoms with Crippen molar-refractivity contribution < 1.29 is 9.47 Å². The molecular formula is C22H25N5O3. The third-order valence-electron chi connectivity index (χ3n) is 5.03. The van der Waals surface area contributed by atoms with Gasteiger partial charge >= 0.3 is 0 Å². The van der Waals surface area contributed by atoms with Crippen LogP contribution in [0.5, 0.6) is 11.5 Å². The second-order valence-electron chi connectivity index (χ2n) is 7.06. The highest BCUT2D eigenvalue weighted by molar-refractivity contribution is 5.52. The molecule has 0 bridgehead atoms. The summed E-state index contributed by atoms with van der Waals surface area (Å²) in [4.78, 5) is 30.4. The van der Waals surface area contributed by atoms with Crippen molar-refractivity contribution in [1.29, 1.82) is 0 Å². The van der Waals surface area contributed by atoms with Crippen molar-refractivity contribution in [2.24, 2.45) is 0 Å². The van der Waals surface area contributed by atoms with Crippen LogP contribution in [0, 0.1) is 0 Å². The van der Waals surface area contributed by atoms with Crippen LogP contribution in [0.1, 0.15) is 30.7 Å². The van der Waals surface area contributed by atoms with Crippen LogP contribution in [0.2, 0.25) is 0 Å². The molecule has 0 spiro atoms. The first kappa shape index (κ1) is 20.0. The van der Waals surface area contributed by atoms with Crippen molar-refractivity contribution in [2.75, 3.05) is 19.8 Å². The Bertz CT molecular complexity index is 1070. The van der Waals surface area contributed by atoms with E-state index < -0.39 is 0 Å². The van der Waals surface area contributed by atoms with Crippen molar-refractivity contribution in [2.45, 2.75) is 33.4 Å². The lowest BCUT2D eigenvalue weighted by Gasteiger charge is -2.28. The van der Waals surface area contributed by atoms with Crippen molar-refractivity contribution >= 4 is 0 Å². The van der Waals surface area contributed by atoms with Crippen LogP contribution >= 0.6 is 0 Å². The first-order valence-corrected chi connectivity index (χ1v) is 10.2. The highest BCUT2D eigenvalue weighted by Crippen LogP contribution is 2.28. The van der Waals surface area contributed by atoms with Crippen LogP contribution in [0.15, 0.2) is 41.7 Å². The van der Waals surface area contributed by atoms with Gasteiger partial charge in [-0.15, -0.1) is 0 Å². The van der Waals surface area contributed by atoms with Gasteiger partial charge < -0.3 is 14.5 Å². The lowest BCUT2D eigenvalue weighted by molar-refractivity contribution is 0.234. The number of aromatic nitrogens is 4. The largest absolute Gasteiger partial charge is 0.494 e. The van der Waals surface area contributed by atoms with Crippen LogP contribution in [0.3, 0.4) is 0 Å². The van der Waals surface area contributed by atoms with Crippen molar-refractivity contribution in [3.05, 3.63) is 64.1 Å². The Kier molecular flexibility index (Phi) is 6.04. The van der Waals surface area contributed by atoms with Gasteiger partial charge in [-0.3, -0.25) is 9.69 Å². The molecule has 0 unspecified atom stereocenters. The molecule has 8 heteroatoms. The van der Waals surface area contributed by atoms with Gasteiger partial charge in [-0.1, -0.05) is 6.07 Å². The van der Waals surface area contributed by atoms with E-state index in [1.54, 1.807) is 12.4 Å². The molecule has 156 valence electrons. The van der Waals surface area contributed by atoms with Gasteiger partial charge in [-0.2, -0.15) is 0 Å². The number of H-pyrrole nitrogens is 1. The summed E-state index contributed by atoms with van der Waals surface area (Å²) in [5, 5.41) is 0. The number of nitrogens with zero attached hydrogens (tertiary/aromatic N) is 4. The van der Waals surface area contributed by atoms with Gasteiger partial charge in [0.25, 0.3) is 5.56 Å². The number of hydrogen-bond acceptors (Lipinski definition) is 7. The Balaban J connectivity index is 1.57. The summed E-state index contributed by atoms with van der Waals surface area (Å²) < 4.78 is 11.4. The van der Waals surface area contributed by atoms with E-state index in [4.69, 9.17) is 14.5 Å². The second kappa shape index (κ2) is 9.04. The third kappa shape index (κ3) is 4.33. The second-order valence-corrected chi connectivity index (χ2v) is 7.06. The standard InChI is InChI=1S/C22H25N5O3/c1-3-29-17-6-5-15(20(9-17)30-4-2)12-27-8-7-18-19(13-27)25-21(26-22(18)28)16-10-23-14-24-11-16/h5-6,9-11,14H,3-4,7-8,12-13H2,1-2H3,(H,25,26,28). The Morgan fingerprint density at radius 3 is 2.70 bits per heavy atom. The lowest BCUT2D eigenvalue weighted by Crippen LogP contribution is -2.35. The summed E-state index contributed by atoms with van der Waals surface area (Å²) in [6, 6.07) is 5.95. The molecule has 0 fully saturated rings. The molecule has 30 heavy (non-hydrogen) atoms. The monoisotopic (exact) mass is 407 g/mol. The minimum atomic E-state index is -0.0884. The molecule has 0 atom stereocenters.